The van der Waals surface area contributed by atoms with Gasteiger partial charge in [-0.05, 0) is 39.5 Å². The lowest BCUT2D eigenvalue weighted by molar-refractivity contribution is -0.137. The Morgan fingerprint density at radius 1 is 1.30 bits per heavy atom. The molecule has 0 aromatic carbocycles. The third kappa shape index (κ3) is 3.63. The molecule has 108 valence electrons. The lowest BCUT2D eigenvalue weighted by atomic mass is 10.2. The molecule has 0 aliphatic heterocycles. The van der Waals surface area contributed by atoms with E-state index < -0.39 is 11.7 Å². The number of nitrogens with one attached hydrogen (secondary N) is 2. The molecule has 2 aromatic heterocycles. The summed E-state index contributed by atoms with van der Waals surface area (Å²) in [6.07, 6.45) is -4.39. The van der Waals surface area contributed by atoms with Gasteiger partial charge in [-0.3, -0.25) is 0 Å². The van der Waals surface area contributed by atoms with E-state index in [1.165, 1.54) is 18.4 Å². The lowest BCUT2D eigenvalue weighted by Gasteiger charge is -2.12. The molecule has 0 spiro atoms. The van der Waals surface area contributed by atoms with Gasteiger partial charge in [-0.1, -0.05) is 0 Å². The fourth-order valence-corrected chi connectivity index (χ4v) is 2.97. The van der Waals surface area contributed by atoms with E-state index >= 15 is 0 Å². The van der Waals surface area contributed by atoms with E-state index in [-0.39, 0.29) is 11.6 Å². The minimum Gasteiger partial charge on any atom is -0.373 e. The number of nitrogens with zero attached hydrogens (tertiary/aromatic N) is 1. The van der Waals surface area contributed by atoms with Gasteiger partial charge in [0, 0.05) is 16.4 Å². The molecule has 8 heteroatoms. The third-order valence-electron chi connectivity index (χ3n) is 2.53. The highest BCUT2D eigenvalue weighted by molar-refractivity contribution is 9.10. The molecule has 0 unspecified atom stereocenters. The normalized spacial score (nSPS) is 11.4. The van der Waals surface area contributed by atoms with Crippen LogP contribution in [-0.4, -0.2) is 12.0 Å². The second kappa shape index (κ2) is 6.01. The quantitative estimate of drug-likeness (QED) is 0.832. The molecule has 0 atom stereocenters. The molecular formula is C12H11BrF3N3S. The van der Waals surface area contributed by atoms with Crippen molar-refractivity contribution in [2.75, 3.05) is 17.7 Å². The Bertz CT molecular complexity index is 598. The van der Waals surface area contributed by atoms with Crippen molar-refractivity contribution in [3.63, 3.8) is 0 Å². The maximum atomic E-state index is 12.8. The van der Waals surface area contributed by atoms with Crippen LogP contribution in [0.3, 0.4) is 0 Å². The monoisotopic (exact) mass is 365 g/mol. The summed E-state index contributed by atoms with van der Waals surface area (Å²) in [4.78, 5) is 5.06. The number of pyridine rings is 1. The highest BCUT2D eigenvalue weighted by Gasteiger charge is 2.31. The minimum atomic E-state index is -4.39. The summed E-state index contributed by atoms with van der Waals surface area (Å²) in [6, 6.07) is 3.87. The van der Waals surface area contributed by atoms with E-state index in [1.54, 1.807) is 0 Å². The summed E-state index contributed by atoms with van der Waals surface area (Å²) >= 11 is 4.89. The van der Waals surface area contributed by atoms with Crippen molar-refractivity contribution in [2.24, 2.45) is 0 Å². The molecule has 2 aromatic rings. The Morgan fingerprint density at radius 2 is 2.00 bits per heavy atom. The molecule has 2 N–H and O–H groups in total. The first kappa shape index (κ1) is 15.1. The first-order valence-corrected chi connectivity index (χ1v) is 7.30. The van der Waals surface area contributed by atoms with Crippen molar-refractivity contribution in [3.05, 3.63) is 38.5 Å². The Labute approximate surface area is 126 Å². The summed E-state index contributed by atoms with van der Waals surface area (Å²) in [5.74, 6) is 0.358. The molecule has 2 rings (SSSR count). The van der Waals surface area contributed by atoms with Crippen LogP contribution in [0.15, 0.2) is 28.1 Å². The predicted octanol–water partition coefficient (Wildman–Crippen LogP) is 4.58. The highest BCUT2D eigenvalue weighted by Crippen LogP contribution is 2.32. The van der Waals surface area contributed by atoms with Crippen LogP contribution in [0, 0.1) is 0 Å². The predicted molar refractivity (Wildman–Crippen MR) is 78.1 cm³/mol. The first-order valence-electron chi connectivity index (χ1n) is 5.63. The number of thiophene rings is 1. The molecule has 3 nitrogen and oxygen atoms in total. The van der Waals surface area contributed by atoms with E-state index in [9.17, 15) is 13.2 Å². The Balaban J connectivity index is 2.21. The van der Waals surface area contributed by atoms with E-state index in [2.05, 4.69) is 31.5 Å². The molecule has 0 bridgehead atoms. The summed E-state index contributed by atoms with van der Waals surface area (Å²) in [5, 5.41) is 7.43. The molecule has 0 radical (unpaired) electrons. The zero-order chi connectivity index (χ0) is 14.8. The molecule has 0 saturated carbocycles. The Hall–Kier alpha value is -1.28. The van der Waals surface area contributed by atoms with Gasteiger partial charge in [-0.15, -0.1) is 11.3 Å². The van der Waals surface area contributed by atoms with E-state index in [0.717, 1.165) is 21.5 Å². The van der Waals surface area contributed by atoms with Gasteiger partial charge in [0.1, 0.15) is 11.6 Å². The molecule has 0 aliphatic rings. The zero-order valence-electron chi connectivity index (χ0n) is 10.4. The summed E-state index contributed by atoms with van der Waals surface area (Å²) < 4.78 is 39.2. The van der Waals surface area contributed by atoms with Gasteiger partial charge in [-0.2, -0.15) is 13.2 Å². The minimum absolute atomic E-state index is 0.174. The van der Waals surface area contributed by atoms with Gasteiger partial charge in [0.05, 0.1) is 12.1 Å². The van der Waals surface area contributed by atoms with Crippen LogP contribution in [0.5, 0.6) is 0 Å². The van der Waals surface area contributed by atoms with E-state index in [4.69, 9.17) is 0 Å². The topological polar surface area (TPSA) is 37.0 Å². The first-order chi connectivity index (χ1) is 9.40. The van der Waals surface area contributed by atoms with Gasteiger partial charge in [0.2, 0.25) is 0 Å². The maximum Gasteiger partial charge on any atom is 0.416 e. The van der Waals surface area contributed by atoms with Gasteiger partial charge >= 0.3 is 6.18 Å². The largest absolute Gasteiger partial charge is 0.416 e. The molecule has 0 fully saturated rings. The van der Waals surface area contributed by atoms with Crippen LogP contribution < -0.4 is 10.6 Å². The number of hydrogen-bond donors (Lipinski definition) is 2. The molecule has 0 aliphatic carbocycles. The van der Waals surface area contributed by atoms with Crippen LogP contribution in [0.1, 0.15) is 10.4 Å². The van der Waals surface area contributed by atoms with Crippen molar-refractivity contribution in [1.29, 1.82) is 0 Å². The molecule has 20 heavy (non-hydrogen) atoms. The number of rotatable bonds is 4. The summed E-state index contributed by atoms with van der Waals surface area (Å²) in [7, 11) is 1.53. The third-order valence-corrected chi connectivity index (χ3v) is 4.46. The van der Waals surface area contributed by atoms with Crippen molar-refractivity contribution in [2.45, 2.75) is 12.7 Å². The standard InChI is InChI=1S/C12H11BrF3N3S/c1-17-10-4-7(12(14,15)16)5-11(19-10)18-6-9-8(13)2-3-20-9/h2-5H,6H2,1H3,(H2,17,18,19). The van der Waals surface area contributed by atoms with Crippen LogP contribution in [-0.2, 0) is 12.7 Å². The molecule has 0 amide bonds. The van der Waals surface area contributed by atoms with Crippen molar-refractivity contribution < 1.29 is 13.2 Å². The van der Waals surface area contributed by atoms with Crippen molar-refractivity contribution in [1.82, 2.24) is 4.98 Å². The highest BCUT2D eigenvalue weighted by atomic mass is 79.9. The fraction of sp³-hybridized carbons (Fsp3) is 0.250. The zero-order valence-corrected chi connectivity index (χ0v) is 12.8. The SMILES string of the molecule is CNc1cc(C(F)(F)F)cc(NCc2sccc2Br)n1. The lowest BCUT2D eigenvalue weighted by Crippen LogP contribution is -2.09. The molecule has 0 saturated heterocycles. The van der Waals surface area contributed by atoms with Crippen LogP contribution in [0.25, 0.3) is 0 Å². The van der Waals surface area contributed by atoms with Crippen LogP contribution in [0.2, 0.25) is 0 Å². The number of anilines is 2. The maximum absolute atomic E-state index is 12.8. The van der Waals surface area contributed by atoms with Crippen LogP contribution >= 0.6 is 27.3 Å². The number of aromatic nitrogens is 1. The second-order valence-electron chi connectivity index (χ2n) is 3.92. The average Bonchev–Trinajstić information content (AvgIpc) is 2.80. The molecule has 2 heterocycles. The van der Waals surface area contributed by atoms with Gasteiger partial charge in [0.15, 0.2) is 0 Å². The number of halogens is 4. The van der Waals surface area contributed by atoms with Gasteiger partial charge in [0.25, 0.3) is 0 Å². The van der Waals surface area contributed by atoms with Crippen molar-refractivity contribution >= 4 is 38.9 Å². The van der Waals surface area contributed by atoms with Gasteiger partial charge < -0.3 is 10.6 Å². The number of alkyl halides is 3. The van der Waals surface area contributed by atoms with E-state index in [0.29, 0.717) is 6.54 Å². The van der Waals surface area contributed by atoms with E-state index in [1.807, 2.05) is 11.4 Å². The Morgan fingerprint density at radius 3 is 2.55 bits per heavy atom. The van der Waals surface area contributed by atoms with Gasteiger partial charge in [-0.25, -0.2) is 4.98 Å². The Kier molecular flexibility index (Phi) is 4.54. The number of hydrogen-bond acceptors (Lipinski definition) is 4. The second-order valence-corrected chi connectivity index (χ2v) is 5.77. The summed E-state index contributed by atoms with van der Waals surface area (Å²) in [5.41, 5.74) is -0.732. The summed E-state index contributed by atoms with van der Waals surface area (Å²) in [6.45, 7) is 0.412. The van der Waals surface area contributed by atoms with Crippen molar-refractivity contribution in [3.8, 4) is 0 Å². The molecular weight excluding hydrogens is 355 g/mol. The average molecular weight is 366 g/mol. The van der Waals surface area contributed by atoms with Crippen LogP contribution in [0.4, 0.5) is 24.8 Å². The fourth-order valence-electron chi connectivity index (χ4n) is 1.53. The smallest absolute Gasteiger partial charge is 0.373 e.